The fourth-order valence-electron chi connectivity index (χ4n) is 1.27. The maximum Gasteiger partial charge on any atom is 0.325 e. The summed E-state index contributed by atoms with van der Waals surface area (Å²) in [5.74, 6) is -0.536. The van der Waals surface area contributed by atoms with Gasteiger partial charge in [-0.05, 0) is 20.8 Å². The number of amides is 2. The summed E-state index contributed by atoms with van der Waals surface area (Å²) < 4.78 is 29.2. The smallest absolute Gasteiger partial charge is 0.325 e. The highest BCUT2D eigenvalue weighted by Gasteiger charge is 2.22. The van der Waals surface area contributed by atoms with E-state index in [-0.39, 0.29) is 19.7 Å². The van der Waals surface area contributed by atoms with Gasteiger partial charge >= 0.3 is 12.0 Å². The van der Waals surface area contributed by atoms with Crippen molar-refractivity contribution in [3.63, 3.8) is 0 Å². The SMILES string of the molecule is CCOC(=O)CNC(=O)NCC(C)(C)NS(C)(=O)=O. The van der Waals surface area contributed by atoms with Gasteiger partial charge in [-0.25, -0.2) is 17.9 Å². The maximum absolute atomic E-state index is 11.4. The molecule has 0 fully saturated rings. The molecule has 112 valence electrons. The molecule has 0 atom stereocenters. The average molecular weight is 295 g/mol. The first-order valence-corrected chi connectivity index (χ1v) is 7.61. The summed E-state index contributed by atoms with van der Waals surface area (Å²) in [6.07, 6.45) is 1.04. The van der Waals surface area contributed by atoms with Crippen molar-refractivity contribution in [1.29, 1.82) is 0 Å². The van der Waals surface area contributed by atoms with Crippen LogP contribution in [0.5, 0.6) is 0 Å². The molecule has 0 bridgehead atoms. The first-order valence-electron chi connectivity index (χ1n) is 5.72. The third-order valence-electron chi connectivity index (χ3n) is 1.85. The molecule has 9 heteroatoms. The zero-order chi connectivity index (χ0) is 15.1. The van der Waals surface area contributed by atoms with Crippen LogP contribution in [-0.4, -0.2) is 51.9 Å². The van der Waals surface area contributed by atoms with Crippen molar-refractivity contribution in [1.82, 2.24) is 15.4 Å². The predicted octanol–water partition coefficient (Wildman–Crippen LogP) is -0.823. The first kappa shape index (κ1) is 17.6. The van der Waals surface area contributed by atoms with Crippen LogP contribution in [0, 0.1) is 0 Å². The summed E-state index contributed by atoms with van der Waals surface area (Å²) >= 11 is 0. The third-order valence-corrected chi connectivity index (χ3v) is 2.77. The van der Waals surface area contributed by atoms with Crippen LogP contribution in [0.3, 0.4) is 0 Å². The number of hydrogen-bond donors (Lipinski definition) is 3. The minimum absolute atomic E-state index is 0.0781. The molecule has 0 aliphatic carbocycles. The van der Waals surface area contributed by atoms with E-state index in [4.69, 9.17) is 0 Å². The lowest BCUT2D eigenvalue weighted by molar-refractivity contribution is -0.141. The molecule has 0 aromatic rings. The summed E-state index contributed by atoms with van der Waals surface area (Å²) in [7, 11) is -3.36. The molecule has 0 aliphatic rings. The number of carbonyl (C=O) groups is 2. The van der Waals surface area contributed by atoms with Crippen LogP contribution < -0.4 is 15.4 Å². The van der Waals surface area contributed by atoms with Gasteiger partial charge < -0.3 is 15.4 Å². The second-order valence-electron chi connectivity index (χ2n) is 4.60. The summed E-state index contributed by atoms with van der Waals surface area (Å²) in [6, 6.07) is -0.573. The fourth-order valence-corrected chi connectivity index (χ4v) is 2.34. The number of nitrogens with one attached hydrogen (secondary N) is 3. The maximum atomic E-state index is 11.4. The van der Waals surface area contributed by atoms with Gasteiger partial charge in [-0.2, -0.15) is 0 Å². The van der Waals surface area contributed by atoms with Gasteiger partial charge in [0.05, 0.1) is 12.9 Å². The van der Waals surface area contributed by atoms with Crippen molar-refractivity contribution in [2.75, 3.05) is 26.0 Å². The topological polar surface area (TPSA) is 114 Å². The molecule has 0 aromatic carbocycles. The van der Waals surface area contributed by atoms with Crippen LogP contribution in [0.1, 0.15) is 20.8 Å². The quantitative estimate of drug-likeness (QED) is 0.531. The Labute approximate surface area is 113 Å². The van der Waals surface area contributed by atoms with Gasteiger partial charge in [0.2, 0.25) is 10.0 Å². The van der Waals surface area contributed by atoms with Gasteiger partial charge in [-0.15, -0.1) is 0 Å². The Morgan fingerprint density at radius 2 is 1.79 bits per heavy atom. The third kappa shape index (κ3) is 10.3. The van der Waals surface area contributed by atoms with Gasteiger partial charge in [0.25, 0.3) is 0 Å². The Hall–Kier alpha value is -1.35. The molecular weight excluding hydrogens is 274 g/mol. The summed E-state index contributed by atoms with van der Waals surface area (Å²) in [4.78, 5) is 22.3. The van der Waals surface area contributed by atoms with E-state index in [1.54, 1.807) is 20.8 Å². The van der Waals surface area contributed by atoms with Gasteiger partial charge in [0.1, 0.15) is 6.54 Å². The van der Waals surface area contributed by atoms with Gasteiger partial charge in [0, 0.05) is 12.1 Å². The Kier molecular flexibility index (Phi) is 6.77. The first-order chi connectivity index (χ1) is 8.56. The molecule has 0 aromatic heterocycles. The summed E-state index contributed by atoms with van der Waals surface area (Å²) in [6.45, 7) is 5.00. The number of rotatable bonds is 7. The number of esters is 1. The highest BCUT2D eigenvalue weighted by Crippen LogP contribution is 2.01. The monoisotopic (exact) mass is 295 g/mol. The van der Waals surface area contributed by atoms with E-state index in [9.17, 15) is 18.0 Å². The molecule has 8 nitrogen and oxygen atoms in total. The van der Waals surface area contributed by atoms with Crippen molar-refractivity contribution in [3.05, 3.63) is 0 Å². The molecule has 0 rings (SSSR count). The van der Waals surface area contributed by atoms with Crippen LogP contribution in [0.2, 0.25) is 0 Å². The number of urea groups is 1. The van der Waals surface area contributed by atoms with Gasteiger partial charge in [0.15, 0.2) is 0 Å². The molecule has 0 saturated carbocycles. The Bertz CT molecular complexity index is 419. The van der Waals surface area contributed by atoms with Gasteiger partial charge in [-0.1, -0.05) is 0 Å². The van der Waals surface area contributed by atoms with Crippen LogP contribution in [0.15, 0.2) is 0 Å². The molecular formula is C10H21N3O5S. The lowest BCUT2D eigenvalue weighted by Gasteiger charge is -2.25. The molecule has 2 amide bonds. The van der Waals surface area contributed by atoms with Crippen molar-refractivity contribution in [2.24, 2.45) is 0 Å². The minimum Gasteiger partial charge on any atom is -0.465 e. The highest BCUT2D eigenvalue weighted by molar-refractivity contribution is 7.88. The highest BCUT2D eigenvalue weighted by atomic mass is 32.2. The average Bonchev–Trinajstić information content (AvgIpc) is 2.21. The Morgan fingerprint density at radius 3 is 2.26 bits per heavy atom. The normalized spacial score (nSPS) is 11.8. The molecule has 0 aliphatic heterocycles. The van der Waals surface area contributed by atoms with E-state index in [0.29, 0.717) is 0 Å². The standard InChI is InChI=1S/C10H21N3O5S/c1-5-18-8(14)6-11-9(15)12-7-10(2,3)13-19(4,16)17/h13H,5-7H2,1-4H3,(H2,11,12,15). The molecule has 0 saturated heterocycles. The minimum atomic E-state index is -3.36. The molecule has 0 unspecified atom stereocenters. The van der Waals surface area contributed by atoms with E-state index in [0.717, 1.165) is 6.26 Å². The lowest BCUT2D eigenvalue weighted by Crippen LogP contribution is -2.53. The van der Waals surface area contributed by atoms with Gasteiger partial charge in [-0.3, -0.25) is 4.79 Å². The number of carbonyl (C=O) groups excluding carboxylic acids is 2. The Balaban J connectivity index is 4.05. The van der Waals surface area contributed by atoms with Crippen LogP contribution >= 0.6 is 0 Å². The van der Waals surface area contributed by atoms with Crippen molar-refractivity contribution < 1.29 is 22.7 Å². The lowest BCUT2D eigenvalue weighted by atomic mass is 10.1. The zero-order valence-corrected chi connectivity index (χ0v) is 12.4. The van der Waals surface area contributed by atoms with E-state index in [1.165, 1.54) is 0 Å². The second-order valence-corrected chi connectivity index (χ2v) is 6.35. The predicted molar refractivity (Wildman–Crippen MR) is 70.1 cm³/mol. The summed E-state index contributed by atoms with van der Waals surface area (Å²) in [5, 5.41) is 4.76. The number of sulfonamides is 1. The largest absolute Gasteiger partial charge is 0.465 e. The molecule has 19 heavy (non-hydrogen) atoms. The van der Waals surface area contributed by atoms with Crippen molar-refractivity contribution >= 4 is 22.0 Å². The van der Waals surface area contributed by atoms with Crippen molar-refractivity contribution in [3.8, 4) is 0 Å². The molecule has 3 N–H and O–H groups in total. The van der Waals surface area contributed by atoms with Crippen LogP contribution in [0.25, 0.3) is 0 Å². The van der Waals surface area contributed by atoms with Crippen LogP contribution in [-0.2, 0) is 19.6 Å². The molecule has 0 heterocycles. The molecule has 0 radical (unpaired) electrons. The number of hydrogen-bond acceptors (Lipinski definition) is 5. The van der Waals surface area contributed by atoms with E-state index in [2.05, 4.69) is 20.1 Å². The van der Waals surface area contributed by atoms with Crippen LogP contribution in [0.4, 0.5) is 4.79 Å². The van der Waals surface area contributed by atoms with E-state index in [1.807, 2.05) is 0 Å². The van der Waals surface area contributed by atoms with Crippen molar-refractivity contribution in [2.45, 2.75) is 26.3 Å². The second kappa shape index (κ2) is 7.29. The zero-order valence-electron chi connectivity index (χ0n) is 11.6. The molecule has 0 spiro atoms. The van der Waals surface area contributed by atoms with E-state index < -0.39 is 27.6 Å². The van der Waals surface area contributed by atoms with E-state index >= 15 is 0 Å². The summed E-state index contributed by atoms with van der Waals surface area (Å²) in [5.41, 5.74) is -0.825. The number of ether oxygens (including phenoxy) is 1. The Morgan fingerprint density at radius 1 is 1.21 bits per heavy atom. The fraction of sp³-hybridized carbons (Fsp3) is 0.800.